The number of aliphatic hydroxyl groups is 1. The summed E-state index contributed by atoms with van der Waals surface area (Å²) in [5.74, 6) is 0.799. The average molecular weight is 273 g/mol. The van der Waals surface area contributed by atoms with Crippen LogP contribution in [0.2, 0.25) is 0 Å². The minimum absolute atomic E-state index is 0.0636. The van der Waals surface area contributed by atoms with E-state index in [0.717, 1.165) is 29.9 Å². The van der Waals surface area contributed by atoms with Crippen molar-refractivity contribution in [3.63, 3.8) is 0 Å². The zero-order chi connectivity index (χ0) is 14.3. The number of carbonyl (C=O) groups is 1. The Morgan fingerprint density at radius 3 is 2.70 bits per heavy atom. The Morgan fingerprint density at radius 2 is 2.05 bits per heavy atom. The Labute approximate surface area is 118 Å². The van der Waals surface area contributed by atoms with Crippen LogP contribution in [0.1, 0.15) is 19.3 Å². The van der Waals surface area contributed by atoms with E-state index >= 15 is 0 Å². The molecule has 0 radical (unpaired) electrons. The van der Waals surface area contributed by atoms with E-state index in [1.54, 1.807) is 12.0 Å². The predicted molar refractivity (Wildman–Crippen MR) is 76.8 cm³/mol. The van der Waals surface area contributed by atoms with Crippen molar-refractivity contribution in [2.45, 2.75) is 31.4 Å². The molecule has 4 heteroatoms. The van der Waals surface area contributed by atoms with E-state index in [4.69, 9.17) is 4.74 Å². The van der Waals surface area contributed by atoms with E-state index in [0.29, 0.717) is 6.42 Å². The Balaban J connectivity index is 1.86. The first-order chi connectivity index (χ1) is 9.61. The third-order valence-electron chi connectivity index (χ3n) is 4.32. The maximum Gasteiger partial charge on any atom is 0.232 e. The number of hydrogen-bond donors (Lipinski definition) is 1. The Hall–Kier alpha value is -1.81. The summed E-state index contributed by atoms with van der Waals surface area (Å²) in [6, 6.07) is 7.27. The zero-order valence-corrected chi connectivity index (χ0v) is 11.6. The molecule has 106 valence electrons. The van der Waals surface area contributed by atoms with Gasteiger partial charge in [-0.05, 0) is 43.5 Å². The summed E-state index contributed by atoms with van der Waals surface area (Å²) in [5, 5.41) is 10.3. The van der Waals surface area contributed by atoms with Gasteiger partial charge in [0.1, 0.15) is 5.75 Å². The van der Waals surface area contributed by atoms with Gasteiger partial charge in [-0.25, -0.2) is 0 Å². The molecular formula is C16H19NO3. The molecule has 1 aliphatic heterocycles. The van der Waals surface area contributed by atoms with Gasteiger partial charge in [-0.15, -0.1) is 0 Å². The molecule has 0 bridgehead atoms. The Kier molecular flexibility index (Phi) is 3.26. The summed E-state index contributed by atoms with van der Waals surface area (Å²) < 4.78 is 5.12. The molecule has 1 heterocycles. The van der Waals surface area contributed by atoms with Crippen LogP contribution in [0.15, 0.2) is 36.4 Å². The monoisotopic (exact) mass is 273 g/mol. The molecule has 1 aliphatic carbocycles. The number of carbonyl (C=O) groups excluding carboxylic acids is 1. The number of ether oxygens (including phenoxy) is 1. The van der Waals surface area contributed by atoms with Crippen LogP contribution >= 0.6 is 0 Å². The van der Waals surface area contributed by atoms with E-state index in [-0.39, 0.29) is 17.9 Å². The fraction of sp³-hybridized carbons (Fsp3) is 0.438. The molecule has 3 rings (SSSR count). The van der Waals surface area contributed by atoms with Crippen molar-refractivity contribution in [2.24, 2.45) is 5.92 Å². The summed E-state index contributed by atoms with van der Waals surface area (Å²) in [7, 11) is 1.61. The molecule has 1 saturated carbocycles. The fourth-order valence-electron chi connectivity index (χ4n) is 3.22. The highest BCUT2D eigenvalue weighted by Crippen LogP contribution is 2.41. The first-order valence-electron chi connectivity index (χ1n) is 6.93. The van der Waals surface area contributed by atoms with Crippen LogP contribution in [0.25, 0.3) is 0 Å². The molecule has 2 fully saturated rings. The second kappa shape index (κ2) is 4.94. The molecule has 2 aliphatic rings. The topological polar surface area (TPSA) is 49.8 Å². The maximum absolute atomic E-state index is 12.3. The molecule has 20 heavy (non-hydrogen) atoms. The van der Waals surface area contributed by atoms with Gasteiger partial charge >= 0.3 is 0 Å². The van der Waals surface area contributed by atoms with Gasteiger partial charge in [0.05, 0.1) is 25.2 Å². The number of hydrogen-bond acceptors (Lipinski definition) is 3. The molecule has 1 aromatic carbocycles. The highest BCUT2D eigenvalue weighted by Gasteiger charge is 2.52. The SMILES string of the molecule is C=C1CC[C@@H]2C(=O)N(c3ccc(OC)cc3)[C@@H]2[C@@H](O)C1. The summed E-state index contributed by atoms with van der Waals surface area (Å²) in [5.41, 5.74) is 1.86. The molecule has 1 N–H and O–H groups in total. The van der Waals surface area contributed by atoms with Gasteiger partial charge < -0.3 is 14.7 Å². The summed E-state index contributed by atoms with van der Waals surface area (Å²) in [4.78, 5) is 14.0. The van der Waals surface area contributed by atoms with Crippen molar-refractivity contribution in [1.29, 1.82) is 0 Å². The van der Waals surface area contributed by atoms with E-state index in [1.807, 2.05) is 24.3 Å². The smallest absolute Gasteiger partial charge is 0.232 e. The summed E-state index contributed by atoms with van der Waals surface area (Å²) in [6.07, 6.45) is 1.70. The van der Waals surface area contributed by atoms with E-state index in [2.05, 4.69) is 6.58 Å². The number of benzene rings is 1. The second-order valence-corrected chi connectivity index (χ2v) is 5.56. The number of anilines is 1. The minimum atomic E-state index is -0.519. The van der Waals surface area contributed by atoms with Crippen molar-refractivity contribution in [3.05, 3.63) is 36.4 Å². The molecule has 0 spiro atoms. The third kappa shape index (κ3) is 2.00. The number of amides is 1. The van der Waals surface area contributed by atoms with Gasteiger partial charge in [0.15, 0.2) is 0 Å². The second-order valence-electron chi connectivity index (χ2n) is 5.56. The van der Waals surface area contributed by atoms with Crippen molar-refractivity contribution in [2.75, 3.05) is 12.0 Å². The van der Waals surface area contributed by atoms with Gasteiger partial charge in [0, 0.05) is 5.69 Å². The van der Waals surface area contributed by atoms with Crippen LogP contribution in [0.4, 0.5) is 5.69 Å². The number of rotatable bonds is 2. The van der Waals surface area contributed by atoms with Crippen molar-refractivity contribution in [3.8, 4) is 5.75 Å². The lowest BCUT2D eigenvalue weighted by Gasteiger charge is -2.48. The van der Waals surface area contributed by atoms with E-state index in [9.17, 15) is 9.90 Å². The summed E-state index contributed by atoms with van der Waals surface area (Å²) in [6.45, 7) is 3.96. The van der Waals surface area contributed by atoms with Crippen LogP contribution in [0.3, 0.4) is 0 Å². The molecule has 3 atom stereocenters. The lowest BCUT2D eigenvalue weighted by molar-refractivity contribution is -0.133. The predicted octanol–water partition coefficient (Wildman–Crippen LogP) is 2.13. The maximum atomic E-state index is 12.3. The molecule has 0 unspecified atom stereocenters. The lowest BCUT2D eigenvalue weighted by atomic mass is 9.81. The van der Waals surface area contributed by atoms with Gasteiger partial charge in [-0.3, -0.25) is 4.79 Å². The first kappa shape index (κ1) is 13.2. The van der Waals surface area contributed by atoms with Crippen LogP contribution < -0.4 is 9.64 Å². The normalized spacial score (nSPS) is 29.5. The van der Waals surface area contributed by atoms with Gasteiger partial charge in [-0.2, -0.15) is 0 Å². The standard InChI is InChI=1S/C16H19NO3/c1-10-3-8-13-15(14(18)9-10)17(16(13)19)11-4-6-12(20-2)7-5-11/h4-7,13-15,18H,1,3,8-9H2,2H3/t13-,14-,15-/m0/s1. The van der Waals surface area contributed by atoms with E-state index < -0.39 is 6.10 Å². The van der Waals surface area contributed by atoms with E-state index in [1.165, 1.54) is 0 Å². The van der Waals surface area contributed by atoms with Gasteiger partial charge in [0.25, 0.3) is 0 Å². The van der Waals surface area contributed by atoms with Gasteiger partial charge in [0.2, 0.25) is 5.91 Å². The number of aliphatic hydroxyl groups excluding tert-OH is 1. The minimum Gasteiger partial charge on any atom is -0.497 e. The first-order valence-corrected chi connectivity index (χ1v) is 6.93. The number of β-lactam (4-membered cyclic amide) rings is 1. The Morgan fingerprint density at radius 1 is 1.35 bits per heavy atom. The van der Waals surface area contributed by atoms with Crippen molar-refractivity contribution >= 4 is 11.6 Å². The quantitative estimate of drug-likeness (QED) is 0.663. The zero-order valence-electron chi connectivity index (χ0n) is 11.6. The average Bonchev–Trinajstić information content (AvgIpc) is 2.56. The third-order valence-corrected chi connectivity index (χ3v) is 4.32. The molecule has 1 aromatic rings. The van der Waals surface area contributed by atoms with Crippen LogP contribution in [0, 0.1) is 5.92 Å². The largest absolute Gasteiger partial charge is 0.497 e. The number of fused-ring (bicyclic) bond motifs is 1. The van der Waals surface area contributed by atoms with Crippen molar-refractivity contribution < 1.29 is 14.6 Å². The summed E-state index contributed by atoms with van der Waals surface area (Å²) >= 11 is 0. The lowest BCUT2D eigenvalue weighted by Crippen LogP contribution is -2.65. The highest BCUT2D eigenvalue weighted by molar-refractivity contribution is 6.03. The van der Waals surface area contributed by atoms with Crippen LogP contribution in [0.5, 0.6) is 5.75 Å². The fourth-order valence-corrected chi connectivity index (χ4v) is 3.22. The molecule has 1 amide bonds. The Bertz CT molecular complexity index is 537. The number of nitrogens with zero attached hydrogens (tertiary/aromatic N) is 1. The molecule has 0 aromatic heterocycles. The van der Waals surface area contributed by atoms with Crippen LogP contribution in [-0.2, 0) is 4.79 Å². The molecular weight excluding hydrogens is 254 g/mol. The van der Waals surface area contributed by atoms with Gasteiger partial charge in [-0.1, -0.05) is 12.2 Å². The molecule has 4 nitrogen and oxygen atoms in total. The molecule has 1 saturated heterocycles. The highest BCUT2D eigenvalue weighted by atomic mass is 16.5. The van der Waals surface area contributed by atoms with Crippen molar-refractivity contribution in [1.82, 2.24) is 0 Å². The number of methoxy groups -OCH3 is 1. The van der Waals surface area contributed by atoms with Crippen LogP contribution in [-0.4, -0.2) is 30.3 Å².